The predicted octanol–water partition coefficient (Wildman–Crippen LogP) is 4.16. The molecular weight excluding hydrogens is 395 g/mol. The zero-order valence-corrected chi connectivity index (χ0v) is 16.0. The number of rotatable bonds is 4. The molecule has 3 aromatic rings. The Morgan fingerprint density at radius 3 is 2.57 bits per heavy atom. The van der Waals surface area contributed by atoms with E-state index in [1.54, 1.807) is 26.0 Å². The van der Waals surface area contributed by atoms with Crippen LogP contribution in [-0.2, 0) is 22.3 Å². The van der Waals surface area contributed by atoms with Gasteiger partial charge in [0.25, 0.3) is 0 Å². The number of fused-ring (bicyclic) bond motifs is 1. The Morgan fingerprint density at radius 1 is 1.25 bits per heavy atom. The maximum absolute atomic E-state index is 13.4. The van der Waals surface area contributed by atoms with Crippen LogP contribution in [0.4, 0.5) is 18.2 Å². The van der Waals surface area contributed by atoms with Crippen LogP contribution in [0.25, 0.3) is 11.0 Å². The number of benzene rings is 1. The van der Waals surface area contributed by atoms with Crippen molar-refractivity contribution in [3.05, 3.63) is 46.1 Å². The molecule has 0 saturated carbocycles. The molecule has 148 valence electrons. The quantitative estimate of drug-likeness (QED) is 0.655. The highest BCUT2D eigenvalue weighted by molar-refractivity contribution is 7.16. The summed E-state index contributed by atoms with van der Waals surface area (Å²) in [5, 5.41) is 2.77. The first-order chi connectivity index (χ1) is 13.1. The van der Waals surface area contributed by atoms with Crippen molar-refractivity contribution in [1.82, 2.24) is 9.55 Å². The van der Waals surface area contributed by atoms with Crippen LogP contribution in [0.3, 0.4) is 0 Å². The number of aryl methyl sites for hydroxylation is 1. The van der Waals surface area contributed by atoms with Crippen LogP contribution >= 0.6 is 11.3 Å². The molecular formula is C18H16F3N3O3S. The van der Waals surface area contributed by atoms with Gasteiger partial charge in [-0.05, 0) is 31.5 Å². The number of esters is 1. The number of carbonyl (C=O) groups is 2. The van der Waals surface area contributed by atoms with Gasteiger partial charge in [-0.15, -0.1) is 11.3 Å². The van der Waals surface area contributed by atoms with E-state index in [-0.39, 0.29) is 21.6 Å². The standard InChI is InChI=1S/C18H16F3N3O3S/c1-9-10(2)28-15(14(9)16(26)27-3)23-13(25)8-24-12-7-5-4-6-11(12)22-17(24)18(19,20)21/h4-7H,8H2,1-3H3,(H,23,25). The number of aromatic nitrogens is 2. The first kappa shape index (κ1) is 19.9. The van der Waals surface area contributed by atoms with Crippen LogP contribution in [0.2, 0.25) is 0 Å². The Hall–Kier alpha value is -2.88. The Kier molecular flexibility index (Phi) is 5.16. The number of imidazole rings is 1. The van der Waals surface area contributed by atoms with E-state index in [4.69, 9.17) is 4.74 Å². The highest BCUT2D eigenvalue weighted by Gasteiger charge is 2.38. The Balaban J connectivity index is 1.95. The van der Waals surface area contributed by atoms with E-state index in [1.807, 2.05) is 0 Å². The number of methoxy groups -OCH3 is 1. The van der Waals surface area contributed by atoms with Crippen LogP contribution < -0.4 is 5.32 Å². The number of ether oxygens (including phenoxy) is 1. The fourth-order valence-electron chi connectivity index (χ4n) is 2.82. The summed E-state index contributed by atoms with van der Waals surface area (Å²) in [7, 11) is 1.22. The summed E-state index contributed by atoms with van der Waals surface area (Å²) < 4.78 is 45.6. The highest BCUT2D eigenvalue weighted by Crippen LogP contribution is 2.34. The molecule has 1 amide bonds. The SMILES string of the molecule is COC(=O)c1c(NC(=O)Cn2c(C(F)(F)F)nc3ccccc32)sc(C)c1C. The van der Waals surface area contributed by atoms with E-state index in [0.29, 0.717) is 5.56 Å². The van der Waals surface area contributed by atoms with E-state index in [2.05, 4.69) is 10.3 Å². The molecule has 6 nitrogen and oxygen atoms in total. The highest BCUT2D eigenvalue weighted by atomic mass is 32.1. The first-order valence-electron chi connectivity index (χ1n) is 8.14. The lowest BCUT2D eigenvalue weighted by molar-refractivity contribution is -0.147. The number of alkyl halides is 3. The summed E-state index contributed by atoms with van der Waals surface area (Å²) >= 11 is 1.16. The minimum absolute atomic E-state index is 0.140. The second-order valence-electron chi connectivity index (χ2n) is 6.04. The first-order valence-corrected chi connectivity index (χ1v) is 8.95. The van der Waals surface area contributed by atoms with Crippen molar-refractivity contribution in [1.29, 1.82) is 0 Å². The second kappa shape index (κ2) is 7.27. The Morgan fingerprint density at radius 2 is 1.93 bits per heavy atom. The molecule has 3 rings (SSSR count). The molecule has 0 unspecified atom stereocenters. The van der Waals surface area contributed by atoms with Crippen LogP contribution in [0.5, 0.6) is 0 Å². The number of carbonyl (C=O) groups excluding carboxylic acids is 2. The van der Waals surface area contributed by atoms with E-state index in [9.17, 15) is 22.8 Å². The van der Waals surface area contributed by atoms with Gasteiger partial charge in [0, 0.05) is 4.88 Å². The van der Waals surface area contributed by atoms with Gasteiger partial charge >= 0.3 is 12.1 Å². The van der Waals surface area contributed by atoms with Crippen molar-refractivity contribution in [2.45, 2.75) is 26.6 Å². The molecule has 0 radical (unpaired) electrons. The monoisotopic (exact) mass is 411 g/mol. The second-order valence-corrected chi connectivity index (χ2v) is 7.26. The molecule has 0 saturated heterocycles. The Labute approximate surface area is 161 Å². The normalized spacial score (nSPS) is 11.6. The van der Waals surface area contributed by atoms with Gasteiger partial charge in [0.2, 0.25) is 11.7 Å². The third kappa shape index (κ3) is 3.59. The van der Waals surface area contributed by atoms with Crippen molar-refractivity contribution in [3.63, 3.8) is 0 Å². The van der Waals surface area contributed by atoms with Crippen molar-refractivity contribution >= 4 is 39.2 Å². The molecule has 0 atom stereocenters. The number of para-hydroxylation sites is 2. The number of nitrogens with zero attached hydrogens (tertiary/aromatic N) is 2. The number of amides is 1. The van der Waals surface area contributed by atoms with Crippen molar-refractivity contribution in [2.75, 3.05) is 12.4 Å². The molecule has 0 fully saturated rings. The van der Waals surface area contributed by atoms with Gasteiger partial charge in [0.05, 0.1) is 23.7 Å². The molecule has 2 heterocycles. The average molecular weight is 411 g/mol. The summed E-state index contributed by atoms with van der Waals surface area (Å²) in [6, 6.07) is 6.05. The fourth-order valence-corrected chi connectivity index (χ4v) is 3.89. The smallest absolute Gasteiger partial charge is 0.449 e. The molecule has 10 heteroatoms. The molecule has 1 N–H and O–H groups in total. The molecule has 0 aliphatic heterocycles. The predicted molar refractivity (Wildman–Crippen MR) is 98.5 cm³/mol. The van der Waals surface area contributed by atoms with Crippen molar-refractivity contribution in [2.24, 2.45) is 0 Å². The largest absolute Gasteiger partial charge is 0.465 e. The van der Waals surface area contributed by atoms with Gasteiger partial charge in [0.15, 0.2) is 0 Å². The van der Waals surface area contributed by atoms with Gasteiger partial charge in [-0.1, -0.05) is 12.1 Å². The molecule has 0 spiro atoms. The Bertz CT molecular complexity index is 1070. The van der Waals surface area contributed by atoms with Crippen molar-refractivity contribution < 1.29 is 27.5 Å². The van der Waals surface area contributed by atoms with E-state index >= 15 is 0 Å². The average Bonchev–Trinajstić information content (AvgIpc) is 3.12. The van der Waals surface area contributed by atoms with Crippen LogP contribution in [0.1, 0.15) is 26.6 Å². The minimum atomic E-state index is -4.72. The van der Waals surface area contributed by atoms with Crippen LogP contribution in [0.15, 0.2) is 24.3 Å². The lowest BCUT2D eigenvalue weighted by atomic mass is 10.1. The summed E-state index contributed by atoms with van der Waals surface area (Å²) in [6.07, 6.45) is -4.72. The van der Waals surface area contributed by atoms with E-state index in [1.165, 1.54) is 19.2 Å². The van der Waals surface area contributed by atoms with Crippen molar-refractivity contribution in [3.8, 4) is 0 Å². The maximum Gasteiger partial charge on any atom is 0.449 e. The summed E-state index contributed by atoms with van der Waals surface area (Å²) in [5.41, 5.74) is 1.18. The van der Waals surface area contributed by atoms with Gasteiger partial charge in [-0.25, -0.2) is 9.78 Å². The van der Waals surface area contributed by atoms with Gasteiger partial charge in [-0.2, -0.15) is 13.2 Å². The number of halogens is 3. The van der Waals surface area contributed by atoms with Crippen LogP contribution in [0, 0.1) is 13.8 Å². The third-order valence-electron chi connectivity index (χ3n) is 4.24. The van der Waals surface area contributed by atoms with Gasteiger partial charge < -0.3 is 14.6 Å². The van der Waals surface area contributed by atoms with E-state index < -0.39 is 30.4 Å². The number of hydrogen-bond donors (Lipinski definition) is 1. The molecule has 0 aliphatic rings. The third-order valence-corrected chi connectivity index (χ3v) is 5.36. The number of hydrogen-bond acceptors (Lipinski definition) is 5. The van der Waals surface area contributed by atoms with Gasteiger partial charge in [-0.3, -0.25) is 4.79 Å². The maximum atomic E-state index is 13.4. The minimum Gasteiger partial charge on any atom is -0.465 e. The molecule has 1 aromatic carbocycles. The molecule has 28 heavy (non-hydrogen) atoms. The summed E-state index contributed by atoms with van der Waals surface area (Å²) in [5.74, 6) is -2.49. The number of nitrogens with one attached hydrogen (secondary N) is 1. The number of anilines is 1. The zero-order chi connectivity index (χ0) is 20.6. The summed E-state index contributed by atoms with van der Waals surface area (Å²) in [6.45, 7) is 2.87. The topological polar surface area (TPSA) is 73.2 Å². The fraction of sp³-hybridized carbons (Fsp3) is 0.278. The lowest BCUT2D eigenvalue weighted by Crippen LogP contribution is -2.23. The zero-order valence-electron chi connectivity index (χ0n) is 15.2. The molecule has 0 bridgehead atoms. The van der Waals surface area contributed by atoms with Crippen LogP contribution in [-0.4, -0.2) is 28.5 Å². The van der Waals surface area contributed by atoms with Gasteiger partial charge in [0.1, 0.15) is 11.5 Å². The molecule has 2 aromatic heterocycles. The molecule has 0 aliphatic carbocycles. The number of thiophene rings is 1. The lowest BCUT2D eigenvalue weighted by Gasteiger charge is -2.12. The van der Waals surface area contributed by atoms with E-state index in [0.717, 1.165) is 20.8 Å². The summed E-state index contributed by atoms with van der Waals surface area (Å²) in [4.78, 5) is 28.9.